The number of H-pyrrole nitrogens is 1. The highest BCUT2D eigenvalue weighted by molar-refractivity contribution is 7.98. The minimum atomic E-state index is -0.149. The van der Waals surface area contributed by atoms with Crippen LogP contribution in [-0.2, 0) is 17.0 Å². The second-order valence-electron chi connectivity index (χ2n) is 5.64. The maximum Gasteiger partial charge on any atom is 0.248 e. The van der Waals surface area contributed by atoms with Gasteiger partial charge in [-0.3, -0.25) is 9.89 Å². The van der Waals surface area contributed by atoms with E-state index in [1.807, 2.05) is 61.5 Å². The number of anilines is 1. The summed E-state index contributed by atoms with van der Waals surface area (Å²) in [4.78, 5) is 16.4. The number of rotatable bonds is 7. The molecule has 3 rings (SSSR count). The fraction of sp³-hybridized carbons (Fsp3) is 0.150. The number of benzene rings is 2. The normalized spacial score (nSPS) is 11.0. The van der Waals surface area contributed by atoms with E-state index in [9.17, 15) is 4.79 Å². The van der Waals surface area contributed by atoms with Crippen molar-refractivity contribution in [3.8, 4) is 0 Å². The van der Waals surface area contributed by atoms with Crippen molar-refractivity contribution in [1.29, 1.82) is 0 Å². The first-order chi connectivity index (χ1) is 12.7. The van der Waals surface area contributed by atoms with E-state index in [1.165, 1.54) is 6.08 Å². The van der Waals surface area contributed by atoms with E-state index in [4.69, 9.17) is 0 Å². The Kier molecular flexibility index (Phi) is 6.22. The lowest BCUT2D eigenvalue weighted by Gasteiger charge is -2.04. The van der Waals surface area contributed by atoms with Crippen LogP contribution in [0.1, 0.15) is 23.9 Å². The molecule has 0 bridgehead atoms. The van der Waals surface area contributed by atoms with E-state index in [-0.39, 0.29) is 5.91 Å². The number of carbonyl (C=O) groups is 1. The molecule has 0 aliphatic heterocycles. The maximum atomic E-state index is 12.0. The van der Waals surface area contributed by atoms with Gasteiger partial charge in [-0.05, 0) is 29.3 Å². The molecule has 0 radical (unpaired) electrons. The minimum Gasteiger partial charge on any atom is -0.323 e. The van der Waals surface area contributed by atoms with Crippen LogP contribution in [0.15, 0.2) is 65.8 Å². The second kappa shape index (κ2) is 9.01. The van der Waals surface area contributed by atoms with Crippen LogP contribution in [0.2, 0.25) is 0 Å². The molecule has 0 atom stereocenters. The fourth-order valence-electron chi connectivity index (χ4n) is 2.25. The Bertz CT molecular complexity index is 872. The zero-order chi connectivity index (χ0) is 18.2. The van der Waals surface area contributed by atoms with Gasteiger partial charge in [0.05, 0.1) is 0 Å². The number of amides is 1. The van der Waals surface area contributed by atoms with Gasteiger partial charge in [-0.1, -0.05) is 61.2 Å². The molecule has 26 heavy (non-hydrogen) atoms. The van der Waals surface area contributed by atoms with Crippen molar-refractivity contribution in [2.75, 3.05) is 5.32 Å². The van der Waals surface area contributed by atoms with E-state index in [0.717, 1.165) is 40.0 Å². The zero-order valence-corrected chi connectivity index (χ0v) is 15.3. The van der Waals surface area contributed by atoms with Gasteiger partial charge in [0, 0.05) is 23.9 Å². The third-order valence-corrected chi connectivity index (χ3v) is 4.58. The molecular formula is C20H20N4OS. The number of aryl methyl sites for hydroxylation is 1. The average molecular weight is 364 g/mol. The molecule has 1 amide bonds. The summed E-state index contributed by atoms with van der Waals surface area (Å²) < 4.78 is 0. The lowest BCUT2D eigenvalue weighted by atomic mass is 10.2. The monoisotopic (exact) mass is 364 g/mol. The quantitative estimate of drug-likeness (QED) is 0.484. The van der Waals surface area contributed by atoms with Crippen molar-refractivity contribution in [3.05, 3.63) is 77.6 Å². The van der Waals surface area contributed by atoms with Gasteiger partial charge >= 0.3 is 0 Å². The van der Waals surface area contributed by atoms with E-state index >= 15 is 0 Å². The van der Waals surface area contributed by atoms with Gasteiger partial charge in [0.1, 0.15) is 5.82 Å². The number of nitrogens with one attached hydrogen (secondary N) is 2. The summed E-state index contributed by atoms with van der Waals surface area (Å²) in [6.45, 7) is 2.04. The molecule has 6 heteroatoms. The molecule has 0 unspecified atom stereocenters. The molecule has 0 fully saturated rings. The fourth-order valence-corrected chi connectivity index (χ4v) is 3.03. The van der Waals surface area contributed by atoms with E-state index in [0.29, 0.717) is 0 Å². The van der Waals surface area contributed by atoms with Gasteiger partial charge in [0.15, 0.2) is 0 Å². The lowest BCUT2D eigenvalue weighted by Crippen LogP contribution is -2.07. The Balaban J connectivity index is 1.50. The average Bonchev–Trinajstić information content (AvgIpc) is 3.15. The van der Waals surface area contributed by atoms with Crippen molar-refractivity contribution in [1.82, 2.24) is 15.2 Å². The third kappa shape index (κ3) is 5.32. The summed E-state index contributed by atoms with van der Waals surface area (Å²) in [7, 11) is 0. The van der Waals surface area contributed by atoms with Gasteiger partial charge in [-0.2, -0.15) is 0 Å². The van der Waals surface area contributed by atoms with Crippen LogP contribution < -0.4 is 5.32 Å². The van der Waals surface area contributed by atoms with Gasteiger partial charge < -0.3 is 5.32 Å². The van der Waals surface area contributed by atoms with Crippen molar-refractivity contribution in [3.63, 3.8) is 0 Å². The van der Waals surface area contributed by atoms with Crippen LogP contribution in [0.3, 0.4) is 0 Å². The Labute approximate surface area is 156 Å². The first-order valence-corrected chi connectivity index (χ1v) is 9.38. The Hall–Kier alpha value is -2.86. The first-order valence-electron chi connectivity index (χ1n) is 8.40. The number of nitrogens with zero attached hydrogens (tertiary/aromatic N) is 2. The van der Waals surface area contributed by atoms with Gasteiger partial charge in [0.25, 0.3) is 0 Å². The summed E-state index contributed by atoms with van der Waals surface area (Å²) >= 11 is 1.58. The Morgan fingerprint density at radius 1 is 1.15 bits per heavy atom. The number of aromatic amines is 1. The highest BCUT2D eigenvalue weighted by atomic mass is 32.2. The number of thioether (sulfide) groups is 1. The molecule has 0 saturated heterocycles. The molecule has 2 N–H and O–H groups in total. The van der Waals surface area contributed by atoms with Crippen LogP contribution in [0.4, 0.5) is 5.69 Å². The van der Waals surface area contributed by atoms with Crippen molar-refractivity contribution < 1.29 is 4.79 Å². The van der Waals surface area contributed by atoms with Gasteiger partial charge in [0.2, 0.25) is 11.1 Å². The van der Waals surface area contributed by atoms with Crippen LogP contribution >= 0.6 is 11.8 Å². The molecule has 0 spiro atoms. The number of hydrogen-bond acceptors (Lipinski definition) is 4. The molecule has 0 aliphatic carbocycles. The highest BCUT2D eigenvalue weighted by Gasteiger charge is 2.04. The molecule has 0 saturated carbocycles. The van der Waals surface area contributed by atoms with Crippen molar-refractivity contribution >= 4 is 29.4 Å². The van der Waals surface area contributed by atoms with Gasteiger partial charge in [-0.25, -0.2) is 4.98 Å². The number of aromatic nitrogens is 3. The molecule has 2 aromatic carbocycles. The molecule has 132 valence electrons. The van der Waals surface area contributed by atoms with Crippen molar-refractivity contribution in [2.45, 2.75) is 24.3 Å². The second-order valence-corrected chi connectivity index (χ2v) is 6.58. The van der Waals surface area contributed by atoms with Crippen LogP contribution in [-0.4, -0.2) is 21.1 Å². The van der Waals surface area contributed by atoms with Crippen molar-refractivity contribution in [2.24, 2.45) is 0 Å². The standard InChI is InChI=1S/C20H20N4OS/c1-2-18-22-20(24-23-18)26-14-16-8-11-17(12-9-16)21-19(25)13-10-15-6-4-3-5-7-15/h3-13H,2,14H2,1H3,(H,21,25)(H,22,23,24)/b13-10+. The highest BCUT2D eigenvalue weighted by Crippen LogP contribution is 2.20. The Morgan fingerprint density at radius 3 is 2.62 bits per heavy atom. The Morgan fingerprint density at radius 2 is 1.92 bits per heavy atom. The number of carbonyl (C=O) groups excluding carboxylic acids is 1. The number of hydrogen-bond donors (Lipinski definition) is 2. The lowest BCUT2D eigenvalue weighted by molar-refractivity contribution is -0.111. The SMILES string of the molecule is CCc1nc(SCc2ccc(NC(=O)/C=C/c3ccccc3)cc2)n[nH]1. The van der Waals surface area contributed by atoms with Crippen LogP contribution in [0, 0.1) is 0 Å². The summed E-state index contributed by atoms with van der Waals surface area (Å²) in [5.74, 6) is 1.53. The molecule has 1 heterocycles. The largest absolute Gasteiger partial charge is 0.323 e. The summed E-state index contributed by atoms with van der Waals surface area (Å²) in [5, 5.41) is 10.7. The molecule has 5 nitrogen and oxygen atoms in total. The maximum absolute atomic E-state index is 12.0. The molecule has 3 aromatic rings. The summed E-state index contributed by atoms with van der Waals surface area (Å²) in [6.07, 6.45) is 4.18. The minimum absolute atomic E-state index is 0.149. The third-order valence-electron chi connectivity index (χ3n) is 3.66. The van der Waals surface area contributed by atoms with E-state index in [2.05, 4.69) is 20.5 Å². The molecule has 1 aromatic heterocycles. The van der Waals surface area contributed by atoms with Crippen LogP contribution in [0.25, 0.3) is 6.08 Å². The topological polar surface area (TPSA) is 70.7 Å². The smallest absolute Gasteiger partial charge is 0.248 e. The summed E-state index contributed by atoms with van der Waals surface area (Å²) in [5.41, 5.74) is 2.91. The predicted octanol–water partition coefficient (Wildman–Crippen LogP) is 4.31. The first kappa shape index (κ1) is 17.9. The summed E-state index contributed by atoms with van der Waals surface area (Å²) in [6, 6.07) is 17.5. The molecular weight excluding hydrogens is 344 g/mol. The van der Waals surface area contributed by atoms with E-state index in [1.54, 1.807) is 17.8 Å². The van der Waals surface area contributed by atoms with Gasteiger partial charge in [-0.15, -0.1) is 5.10 Å². The van der Waals surface area contributed by atoms with E-state index < -0.39 is 0 Å². The van der Waals surface area contributed by atoms with Crippen LogP contribution in [0.5, 0.6) is 0 Å². The molecule has 0 aliphatic rings. The predicted molar refractivity (Wildman–Crippen MR) is 106 cm³/mol. The zero-order valence-electron chi connectivity index (χ0n) is 14.5.